The summed E-state index contributed by atoms with van der Waals surface area (Å²) in [6, 6.07) is 7.71. The largest absolute Gasteiger partial charge is 0.320 e. The number of thiophene rings is 1. The Morgan fingerprint density at radius 1 is 1.33 bits per heavy atom. The molecular weight excluding hydrogens is 233 g/mol. The van der Waals surface area contributed by atoms with Gasteiger partial charge in [0.2, 0.25) is 0 Å². The van der Waals surface area contributed by atoms with E-state index in [0.717, 1.165) is 4.88 Å². The van der Waals surface area contributed by atoms with E-state index in [9.17, 15) is 4.39 Å². The summed E-state index contributed by atoms with van der Waals surface area (Å²) in [5.74, 6) is -0.318. The quantitative estimate of drug-likeness (QED) is 0.855. The average Bonchev–Trinajstić information content (AvgIpc) is 2.74. The van der Waals surface area contributed by atoms with Crippen LogP contribution in [0.15, 0.2) is 35.7 Å². The molecule has 1 atom stereocenters. The maximum absolute atomic E-state index is 13.0. The Hall–Kier alpha value is -0.900. The highest BCUT2D eigenvalue weighted by Crippen LogP contribution is 2.29. The van der Waals surface area contributed by atoms with Crippen LogP contribution in [0.3, 0.4) is 0 Å². The zero-order valence-electron chi connectivity index (χ0n) is 7.78. The van der Waals surface area contributed by atoms with Crippen molar-refractivity contribution in [2.24, 2.45) is 5.73 Å². The highest BCUT2D eigenvalue weighted by atomic mass is 35.5. The summed E-state index contributed by atoms with van der Waals surface area (Å²) in [7, 11) is 0. The Bertz CT molecular complexity index is 456. The van der Waals surface area contributed by atoms with Crippen molar-refractivity contribution in [2.75, 3.05) is 0 Å². The van der Waals surface area contributed by atoms with Crippen LogP contribution in [-0.2, 0) is 0 Å². The van der Waals surface area contributed by atoms with Crippen molar-refractivity contribution < 1.29 is 4.39 Å². The molecule has 1 unspecified atom stereocenters. The van der Waals surface area contributed by atoms with E-state index >= 15 is 0 Å². The molecule has 0 aliphatic rings. The van der Waals surface area contributed by atoms with Crippen LogP contribution in [0.5, 0.6) is 0 Å². The lowest BCUT2D eigenvalue weighted by Crippen LogP contribution is -2.11. The van der Waals surface area contributed by atoms with Crippen molar-refractivity contribution in [3.8, 4) is 0 Å². The van der Waals surface area contributed by atoms with Gasteiger partial charge < -0.3 is 5.73 Å². The van der Waals surface area contributed by atoms with Crippen molar-refractivity contribution in [2.45, 2.75) is 6.04 Å². The molecule has 0 saturated heterocycles. The van der Waals surface area contributed by atoms with E-state index in [2.05, 4.69) is 0 Å². The summed E-state index contributed by atoms with van der Waals surface area (Å²) in [4.78, 5) is 0.975. The molecule has 2 rings (SSSR count). The Labute approximate surface area is 96.3 Å². The maximum atomic E-state index is 13.0. The summed E-state index contributed by atoms with van der Waals surface area (Å²) >= 11 is 7.50. The number of halogens is 2. The van der Waals surface area contributed by atoms with Crippen LogP contribution in [0.4, 0.5) is 4.39 Å². The van der Waals surface area contributed by atoms with Crippen LogP contribution in [-0.4, -0.2) is 0 Å². The van der Waals surface area contributed by atoms with Gasteiger partial charge in [-0.15, -0.1) is 11.3 Å². The first-order valence-corrected chi connectivity index (χ1v) is 5.68. The van der Waals surface area contributed by atoms with Gasteiger partial charge in [0.15, 0.2) is 0 Å². The lowest BCUT2D eigenvalue weighted by atomic mass is 10.1. The van der Waals surface area contributed by atoms with E-state index in [4.69, 9.17) is 17.3 Å². The number of nitrogens with two attached hydrogens (primary N) is 1. The van der Waals surface area contributed by atoms with Crippen LogP contribution < -0.4 is 5.73 Å². The molecule has 0 amide bonds. The van der Waals surface area contributed by atoms with Gasteiger partial charge in [-0.1, -0.05) is 17.7 Å². The number of hydrogen-bond donors (Lipinski definition) is 1. The summed E-state index contributed by atoms with van der Waals surface area (Å²) in [6.45, 7) is 0. The fourth-order valence-electron chi connectivity index (χ4n) is 1.37. The molecule has 1 aromatic heterocycles. The van der Waals surface area contributed by atoms with Gasteiger partial charge in [-0.05, 0) is 35.2 Å². The molecule has 78 valence electrons. The molecule has 1 heterocycles. The smallest absolute Gasteiger partial charge is 0.123 e. The second kappa shape index (κ2) is 4.31. The SMILES string of the molecule is NC(c1cccs1)c1cc(F)ccc1Cl. The van der Waals surface area contributed by atoms with Crippen molar-refractivity contribution in [1.82, 2.24) is 0 Å². The van der Waals surface area contributed by atoms with Crippen molar-refractivity contribution in [1.29, 1.82) is 0 Å². The normalized spacial score (nSPS) is 12.7. The van der Waals surface area contributed by atoms with E-state index in [0.29, 0.717) is 10.6 Å². The molecule has 1 nitrogen and oxygen atoms in total. The van der Waals surface area contributed by atoms with Gasteiger partial charge in [0.25, 0.3) is 0 Å². The summed E-state index contributed by atoms with van der Waals surface area (Å²) in [5, 5.41) is 2.43. The predicted octanol–water partition coefficient (Wildman–Crippen LogP) is 3.59. The zero-order chi connectivity index (χ0) is 10.8. The van der Waals surface area contributed by atoms with E-state index in [1.807, 2.05) is 17.5 Å². The summed E-state index contributed by atoms with van der Waals surface area (Å²) in [5.41, 5.74) is 6.61. The van der Waals surface area contributed by atoms with Gasteiger partial charge in [-0.25, -0.2) is 4.39 Å². The Kier molecular flexibility index (Phi) is 3.05. The Morgan fingerprint density at radius 2 is 2.13 bits per heavy atom. The van der Waals surface area contributed by atoms with E-state index in [1.54, 1.807) is 0 Å². The third-order valence-corrected chi connectivity index (χ3v) is 3.44. The number of benzene rings is 1. The minimum absolute atomic E-state index is 0.318. The second-order valence-electron chi connectivity index (χ2n) is 3.16. The molecule has 4 heteroatoms. The topological polar surface area (TPSA) is 26.0 Å². The summed E-state index contributed by atoms with van der Waals surface area (Å²) in [6.07, 6.45) is 0. The molecule has 15 heavy (non-hydrogen) atoms. The van der Waals surface area contributed by atoms with Crippen molar-refractivity contribution in [3.63, 3.8) is 0 Å². The first-order chi connectivity index (χ1) is 7.18. The minimum atomic E-state index is -0.354. The van der Waals surface area contributed by atoms with Crippen LogP contribution in [0, 0.1) is 5.82 Å². The van der Waals surface area contributed by atoms with Crippen molar-refractivity contribution in [3.05, 3.63) is 57.0 Å². The Balaban J connectivity index is 2.41. The third-order valence-electron chi connectivity index (χ3n) is 2.14. The van der Waals surface area contributed by atoms with Gasteiger partial charge >= 0.3 is 0 Å². The fourth-order valence-corrected chi connectivity index (χ4v) is 2.35. The molecule has 2 N–H and O–H groups in total. The van der Waals surface area contributed by atoms with Gasteiger partial charge in [-0.3, -0.25) is 0 Å². The zero-order valence-corrected chi connectivity index (χ0v) is 9.36. The number of rotatable bonds is 2. The molecule has 2 aromatic rings. The van der Waals surface area contributed by atoms with Crippen LogP contribution in [0.25, 0.3) is 0 Å². The molecular formula is C11H9ClFNS. The summed E-state index contributed by atoms with van der Waals surface area (Å²) < 4.78 is 13.0. The maximum Gasteiger partial charge on any atom is 0.123 e. The molecule has 0 bridgehead atoms. The second-order valence-corrected chi connectivity index (χ2v) is 4.55. The van der Waals surface area contributed by atoms with E-state index < -0.39 is 0 Å². The predicted molar refractivity (Wildman–Crippen MR) is 61.8 cm³/mol. The highest BCUT2D eigenvalue weighted by molar-refractivity contribution is 7.10. The molecule has 0 fully saturated rings. The van der Waals surface area contributed by atoms with Gasteiger partial charge in [0, 0.05) is 9.90 Å². The minimum Gasteiger partial charge on any atom is -0.320 e. The lowest BCUT2D eigenvalue weighted by molar-refractivity contribution is 0.624. The molecule has 1 aromatic carbocycles. The van der Waals surface area contributed by atoms with E-state index in [1.165, 1.54) is 29.5 Å². The third kappa shape index (κ3) is 2.20. The average molecular weight is 242 g/mol. The van der Waals surface area contributed by atoms with Crippen molar-refractivity contribution >= 4 is 22.9 Å². The first kappa shape index (κ1) is 10.6. The van der Waals surface area contributed by atoms with Gasteiger partial charge in [0.05, 0.1) is 6.04 Å². The van der Waals surface area contributed by atoms with Crippen LogP contribution >= 0.6 is 22.9 Å². The fraction of sp³-hybridized carbons (Fsp3) is 0.0909. The first-order valence-electron chi connectivity index (χ1n) is 4.42. The standard InChI is InChI=1S/C11H9ClFNS/c12-9-4-3-7(13)6-8(9)11(14)10-2-1-5-15-10/h1-6,11H,14H2. The molecule has 0 radical (unpaired) electrons. The number of hydrogen-bond acceptors (Lipinski definition) is 2. The Morgan fingerprint density at radius 3 is 2.80 bits per heavy atom. The van der Waals surface area contributed by atoms with Gasteiger partial charge in [0.1, 0.15) is 5.82 Å². The van der Waals surface area contributed by atoms with Crippen LogP contribution in [0.1, 0.15) is 16.5 Å². The molecule has 0 spiro atoms. The molecule has 0 aliphatic carbocycles. The monoisotopic (exact) mass is 241 g/mol. The van der Waals surface area contributed by atoms with E-state index in [-0.39, 0.29) is 11.9 Å². The highest BCUT2D eigenvalue weighted by Gasteiger charge is 2.13. The molecule has 0 saturated carbocycles. The lowest BCUT2D eigenvalue weighted by Gasteiger charge is -2.11. The van der Waals surface area contributed by atoms with Crippen LogP contribution in [0.2, 0.25) is 5.02 Å². The van der Waals surface area contributed by atoms with Gasteiger partial charge in [-0.2, -0.15) is 0 Å². The molecule has 0 aliphatic heterocycles.